The zero-order valence-electron chi connectivity index (χ0n) is 15.1. The minimum Gasteiger partial charge on any atom is -0.449 e. The van der Waals surface area contributed by atoms with E-state index in [4.69, 9.17) is 14.3 Å². The third-order valence-corrected chi connectivity index (χ3v) is 4.85. The number of carboxylic acid groups (broad SMARTS) is 1. The molecule has 0 radical (unpaired) electrons. The van der Waals surface area contributed by atoms with Gasteiger partial charge in [0.15, 0.2) is 27.2 Å². The molecular formula is C19H12F2O8S. The molecule has 1 heterocycles. The number of halogens is 2. The van der Waals surface area contributed by atoms with Gasteiger partial charge in [-0.1, -0.05) is 0 Å². The van der Waals surface area contributed by atoms with Crippen molar-refractivity contribution in [2.24, 2.45) is 0 Å². The molecule has 0 aliphatic rings. The number of carbonyl (C=O) groups is 1. The zero-order valence-corrected chi connectivity index (χ0v) is 15.9. The Balaban J connectivity index is 2.16. The Morgan fingerprint density at radius 3 is 2.30 bits per heavy atom. The predicted molar refractivity (Wildman–Crippen MR) is 98.6 cm³/mol. The van der Waals surface area contributed by atoms with Gasteiger partial charge in [0.2, 0.25) is 11.2 Å². The molecule has 0 atom stereocenters. The molecule has 156 valence electrons. The lowest BCUT2D eigenvalue weighted by atomic mass is 10.1. The van der Waals surface area contributed by atoms with Gasteiger partial charge < -0.3 is 19.0 Å². The second-order valence-electron chi connectivity index (χ2n) is 5.93. The average Bonchev–Trinajstić information content (AvgIpc) is 2.64. The van der Waals surface area contributed by atoms with Crippen molar-refractivity contribution in [3.05, 3.63) is 70.4 Å². The quantitative estimate of drug-likeness (QED) is 0.597. The van der Waals surface area contributed by atoms with Crippen LogP contribution in [-0.4, -0.2) is 25.9 Å². The maximum atomic E-state index is 14.0. The fraction of sp³-hybridized carbons (Fsp3) is 0.0526. The van der Waals surface area contributed by atoms with Crippen molar-refractivity contribution < 1.29 is 41.0 Å². The van der Waals surface area contributed by atoms with Gasteiger partial charge in [-0.05, 0) is 36.4 Å². The van der Waals surface area contributed by atoms with E-state index in [-0.39, 0.29) is 16.2 Å². The molecule has 0 unspecified atom stereocenters. The van der Waals surface area contributed by atoms with Crippen LogP contribution in [0.1, 0.15) is 0 Å². The molecule has 1 N–H and O–H groups in total. The Labute approximate surface area is 167 Å². The summed E-state index contributed by atoms with van der Waals surface area (Å²) >= 11 is 0. The van der Waals surface area contributed by atoms with Gasteiger partial charge >= 0.3 is 6.16 Å². The molecule has 0 fully saturated rings. The van der Waals surface area contributed by atoms with Gasteiger partial charge in [-0.25, -0.2) is 22.0 Å². The Bertz CT molecular complexity index is 1280. The SMILES string of the molecule is CS(=O)(=O)c1ccc(-c2oc(OC(=O)O)cc(=O)c2Oc2ccc(F)cc2F)cc1. The highest BCUT2D eigenvalue weighted by molar-refractivity contribution is 7.90. The molecule has 3 rings (SSSR count). The molecule has 0 saturated carbocycles. The van der Waals surface area contributed by atoms with Gasteiger partial charge in [-0.3, -0.25) is 4.79 Å². The average molecular weight is 438 g/mol. The van der Waals surface area contributed by atoms with Gasteiger partial charge in [0.1, 0.15) is 5.82 Å². The Morgan fingerprint density at radius 1 is 1.07 bits per heavy atom. The molecule has 0 amide bonds. The van der Waals surface area contributed by atoms with Crippen LogP contribution in [0.3, 0.4) is 0 Å². The lowest BCUT2D eigenvalue weighted by Crippen LogP contribution is -2.10. The Morgan fingerprint density at radius 2 is 1.73 bits per heavy atom. The summed E-state index contributed by atoms with van der Waals surface area (Å²) in [4.78, 5) is 23.2. The van der Waals surface area contributed by atoms with Crippen molar-refractivity contribution in [1.29, 1.82) is 0 Å². The zero-order chi connectivity index (χ0) is 22.1. The van der Waals surface area contributed by atoms with Crippen molar-refractivity contribution in [3.8, 4) is 28.8 Å². The van der Waals surface area contributed by atoms with E-state index in [2.05, 4.69) is 4.74 Å². The minimum absolute atomic E-state index is 0.0291. The monoisotopic (exact) mass is 438 g/mol. The van der Waals surface area contributed by atoms with Crippen LogP contribution in [-0.2, 0) is 9.84 Å². The standard InChI is InChI=1S/C19H12F2O8S/c1-30(25,26)12-5-2-10(3-6-12)17-18(14(22)9-16(28-17)29-19(23)24)27-15-7-4-11(20)8-13(15)21/h2-9H,1H3,(H,23,24). The van der Waals surface area contributed by atoms with Crippen LogP contribution >= 0.6 is 0 Å². The van der Waals surface area contributed by atoms with Crippen LogP contribution in [0, 0.1) is 11.6 Å². The molecule has 0 bridgehead atoms. The van der Waals surface area contributed by atoms with Gasteiger partial charge in [0.25, 0.3) is 5.95 Å². The van der Waals surface area contributed by atoms with Crippen molar-refractivity contribution >= 4 is 16.0 Å². The number of ether oxygens (including phenoxy) is 2. The third-order valence-electron chi connectivity index (χ3n) is 3.72. The molecule has 0 saturated heterocycles. The number of rotatable bonds is 5. The van der Waals surface area contributed by atoms with Crippen LogP contribution in [0.25, 0.3) is 11.3 Å². The van der Waals surface area contributed by atoms with E-state index in [9.17, 15) is 26.8 Å². The summed E-state index contributed by atoms with van der Waals surface area (Å²) in [5.74, 6) is -4.06. The summed E-state index contributed by atoms with van der Waals surface area (Å²) < 4.78 is 65.2. The highest BCUT2D eigenvalue weighted by Gasteiger charge is 2.21. The number of hydrogen-bond donors (Lipinski definition) is 1. The highest BCUT2D eigenvalue weighted by atomic mass is 32.2. The largest absolute Gasteiger partial charge is 0.513 e. The van der Waals surface area contributed by atoms with Crippen LogP contribution in [0.2, 0.25) is 0 Å². The molecule has 0 aliphatic carbocycles. The maximum Gasteiger partial charge on any atom is 0.513 e. The summed E-state index contributed by atoms with van der Waals surface area (Å²) in [5, 5.41) is 8.74. The van der Waals surface area contributed by atoms with Crippen molar-refractivity contribution in [1.82, 2.24) is 0 Å². The summed E-state index contributed by atoms with van der Waals surface area (Å²) in [6, 6.07) is 8.04. The molecule has 3 aromatic rings. The fourth-order valence-electron chi connectivity index (χ4n) is 2.41. The number of benzene rings is 2. The second-order valence-corrected chi connectivity index (χ2v) is 7.94. The molecule has 0 spiro atoms. The van der Waals surface area contributed by atoms with E-state index < -0.39 is 50.5 Å². The van der Waals surface area contributed by atoms with Crippen LogP contribution in [0.15, 0.2) is 62.6 Å². The van der Waals surface area contributed by atoms with E-state index >= 15 is 0 Å². The smallest absolute Gasteiger partial charge is 0.449 e. The topological polar surface area (TPSA) is 120 Å². The first-order chi connectivity index (χ1) is 14.0. The molecule has 2 aromatic carbocycles. The van der Waals surface area contributed by atoms with E-state index in [0.29, 0.717) is 12.1 Å². The van der Waals surface area contributed by atoms with E-state index in [1.807, 2.05) is 0 Å². The predicted octanol–water partition coefficient (Wildman–Crippen LogP) is 3.84. The first-order valence-electron chi connectivity index (χ1n) is 8.07. The fourth-order valence-corrected chi connectivity index (χ4v) is 3.04. The van der Waals surface area contributed by atoms with Gasteiger partial charge in [-0.2, -0.15) is 0 Å². The molecule has 30 heavy (non-hydrogen) atoms. The molecule has 11 heteroatoms. The highest BCUT2D eigenvalue weighted by Crippen LogP contribution is 2.35. The lowest BCUT2D eigenvalue weighted by molar-refractivity contribution is 0.132. The summed E-state index contributed by atoms with van der Waals surface area (Å²) in [6.45, 7) is 0. The second kappa shape index (κ2) is 7.95. The lowest BCUT2D eigenvalue weighted by Gasteiger charge is -2.12. The van der Waals surface area contributed by atoms with Gasteiger partial charge in [0.05, 0.1) is 11.0 Å². The Kier molecular flexibility index (Phi) is 5.56. The van der Waals surface area contributed by atoms with Crippen LogP contribution in [0.4, 0.5) is 13.6 Å². The normalized spacial score (nSPS) is 11.2. The maximum absolute atomic E-state index is 14.0. The van der Waals surface area contributed by atoms with Gasteiger partial charge in [0, 0.05) is 17.9 Å². The molecule has 8 nitrogen and oxygen atoms in total. The Hall–Kier alpha value is -3.73. The van der Waals surface area contributed by atoms with Crippen LogP contribution < -0.4 is 14.9 Å². The summed E-state index contributed by atoms with van der Waals surface area (Å²) in [5.41, 5.74) is -0.823. The van der Waals surface area contributed by atoms with E-state index in [1.54, 1.807) is 0 Å². The van der Waals surface area contributed by atoms with E-state index in [0.717, 1.165) is 18.4 Å². The van der Waals surface area contributed by atoms with E-state index in [1.165, 1.54) is 24.3 Å². The number of hydrogen-bond acceptors (Lipinski definition) is 7. The molecular weight excluding hydrogens is 426 g/mol. The third kappa shape index (κ3) is 4.63. The van der Waals surface area contributed by atoms with Crippen molar-refractivity contribution in [3.63, 3.8) is 0 Å². The van der Waals surface area contributed by atoms with Crippen LogP contribution in [0.5, 0.6) is 17.4 Å². The van der Waals surface area contributed by atoms with Crippen molar-refractivity contribution in [2.75, 3.05) is 6.26 Å². The van der Waals surface area contributed by atoms with Gasteiger partial charge in [-0.15, -0.1) is 0 Å². The van der Waals surface area contributed by atoms with Crippen molar-refractivity contribution in [2.45, 2.75) is 4.90 Å². The summed E-state index contributed by atoms with van der Waals surface area (Å²) in [6.07, 6.45) is -0.760. The number of sulfone groups is 1. The molecule has 1 aromatic heterocycles. The minimum atomic E-state index is -3.51. The molecule has 0 aliphatic heterocycles. The first kappa shape index (κ1) is 21.0. The summed E-state index contributed by atoms with van der Waals surface area (Å²) in [7, 11) is -3.51. The first-order valence-corrected chi connectivity index (χ1v) is 9.96.